The maximum atomic E-state index is 12.9. The predicted octanol–water partition coefficient (Wildman–Crippen LogP) is 1.59. The number of nitrogens with one attached hydrogen (secondary N) is 2. The second kappa shape index (κ2) is 5.58. The van der Waals surface area contributed by atoms with Crippen LogP contribution in [0, 0.1) is 5.92 Å². The van der Waals surface area contributed by atoms with Crippen LogP contribution >= 0.6 is 0 Å². The third kappa shape index (κ3) is 2.35. The van der Waals surface area contributed by atoms with Crippen LogP contribution in [0.1, 0.15) is 29.6 Å². The number of rotatable bonds is 3. The molecule has 26 heavy (non-hydrogen) atoms. The maximum Gasteiger partial charge on any atom is 0.252 e. The number of carbonyl (C=O) groups excluding carboxylic acids is 2. The van der Waals surface area contributed by atoms with Crippen molar-refractivity contribution >= 4 is 22.7 Å². The van der Waals surface area contributed by atoms with Crippen LogP contribution in [0.4, 0.5) is 0 Å². The van der Waals surface area contributed by atoms with Gasteiger partial charge in [-0.25, -0.2) is 0 Å². The molecule has 0 spiro atoms. The Bertz CT molecular complexity index is 883. The highest BCUT2D eigenvalue weighted by Crippen LogP contribution is 2.45. The van der Waals surface area contributed by atoms with Crippen LogP contribution in [0.5, 0.6) is 0 Å². The van der Waals surface area contributed by atoms with Gasteiger partial charge in [-0.15, -0.1) is 0 Å². The van der Waals surface area contributed by atoms with Gasteiger partial charge >= 0.3 is 0 Å². The van der Waals surface area contributed by atoms with Gasteiger partial charge in [-0.3, -0.25) is 9.59 Å². The first kappa shape index (κ1) is 15.9. The summed E-state index contributed by atoms with van der Waals surface area (Å²) in [5.41, 5.74) is 1.43. The number of amides is 2. The van der Waals surface area contributed by atoms with Gasteiger partial charge in [0.05, 0.1) is 11.5 Å². The summed E-state index contributed by atoms with van der Waals surface area (Å²) in [4.78, 5) is 33.1. The van der Waals surface area contributed by atoms with Gasteiger partial charge in [0.2, 0.25) is 5.91 Å². The molecular weight excluding hydrogens is 328 g/mol. The van der Waals surface area contributed by atoms with E-state index in [2.05, 4.69) is 22.2 Å². The largest absolute Gasteiger partial charge is 0.361 e. The molecule has 2 amide bonds. The Morgan fingerprint density at radius 1 is 1.27 bits per heavy atom. The number of carbonyl (C=O) groups is 2. The third-order valence-electron chi connectivity index (χ3n) is 6.41. The molecule has 136 valence electrons. The highest BCUT2D eigenvalue weighted by atomic mass is 16.2. The van der Waals surface area contributed by atoms with Crippen LogP contribution in [-0.2, 0) is 4.79 Å². The van der Waals surface area contributed by atoms with Crippen molar-refractivity contribution in [2.75, 3.05) is 26.7 Å². The number of likely N-dealkylation sites (tertiary alicyclic amines) is 1. The lowest BCUT2D eigenvalue weighted by Gasteiger charge is -2.37. The first-order chi connectivity index (χ1) is 12.5. The summed E-state index contributed by atoms with van der Waals surface area (Å²) >= 11 is 0. The molecule has 6 rings (SSSR count). The lowest BCUT2D eigenvalue weighted by molar-refractivity contribution is -0.135. The zero-order valence-electron chi connectivity index (χ0n) is 15.0. The number of hydrogen-bond donors (Lipinski definition) is 2. The van der Waals surface area contributed by atoms with E-state index in [1.165, 1.54) is 0 Å². The summed E-state index contributed by atoms with van der Waals surface area (Å²) in [5.74, 6) is 0.366. The van der Waals surface area contributed by atoms with Crippen LogP contribution in [-0.4, -0.2) is 64.9 Å². The predicted molar refractivity (Wildman–Crippen MR) is 98.8 cm³/mol. The van der Waals surface area contributed by atoms with Gasteiger partial charge in [-0.05, 0) is 51.1 Å². The van der Waals surface area contributed by atoms with Crippen molar-refractivity contribution in [3.63, 3.8) is 0 Å². The number of H-pyrrole nitrogens is 1. The smallest absolute Gasteiger partial charge is 0.252 e. The van der Waals surface area contributed by atoms with E-state index in [0.717, 1.165) is 43.3 Å². The minimum atomic E-state index is -0.236. The van der Waals surface area contributed by atoms with E-state index in [4.69, 9.17) is 0 Å². The van der Waals surface area contributed by atoms with Gasteiger partial charge < -0.3 is 20.1 Å². The molecular formula is C20H24N4O2. The molecule has 2 bridgehead atoms. The summed E-state index contributed by atoms with van der Waals surface area (Å²) < 4.78 is 0. The molecule has 1 aliphatic carbocycles. The number of hydrogen-bond acceptors (Lipinski definition) is 3. The number of fused-ring (bicyclic) bond motifs is 2. The summed E-state index contributed by atoms with van der Waals surface area (Å²) in [6.45, 7) is 2.51. The van der Waals surface area contributed by atoms with Crippen LogP contribution in [0.25, 0.3) is 10.9 Å². The first-order valence-electron chi connectivity index (χ1n) is 9.42. The van der Waals surface area contributed by atoms with Crippen molar-refractivity contribution in [1.29, 1.82) is 0 Å². The normalized spacial score (nSPS) is 30.6. The van der Waals surface area contributed by atoms with Crippen molar-refractivity contribution in [2.24, 2.45) is 5.92 Å². The lowest BCUT2D eigenvalue weighted by Crippen LogP contribution is -2.55. The minimum Gasteiger partial charge on any atom is -0.361 e. The second-order valence-corrected chi connectivity index (χ2v) is 8.25. The molecule has 2 aromatic rings. The fourth-order valence-corrected chi connectivity index (χ4v) is 5.01. The van der Waals surface area contributed by atoms with Gasteiger partial charge in [0.25, 0.3) is 5.91 Å². The van der Waals surface area contributed by atoms with Crippen molar-refractivity contribution in [2.45, 2.75) is 30.8 Å². The van der Waals surface area contributed by atoms with Crippen molar-refractivity contribution in [3.05, 3.63) is 36.0 Å². The van der Waals surface area contributed by atoms with E-state index in [1.807, 2.05) is 35.4 Å². The highest BCUT2D eigenvalue weighted by molar-refractivity contribution is 6.06. The average Bonchev–Trinajstić information content (AvgIpc) is 3.35. The zero-order valence-corrected chi connectivity index (χ0v) is 15.0. The number of nitrogens with zero attached hydrogens (tertiary/aromatic N) is 2. The van der Waals surface area contributed by atoms with Gasteiger partial charge in [-0.2, -0.15) is 0 Å². The molecule has 2 N–H and O–H groups in total. The van der Waals surface area contributed by atoms with Gasteiger partial charge in [0.1, 0.15) is 0 Å². The molecule has 4 heterocycles. The van der Waals surface area contributed by atoms with E-state index >= 15 is 0 Å². The Balaban J connectivity index is 1.30. The molecule has 4 fully saturated rings. The molecule has 3 saturated heterocycles. The molecule has 1 aromatic carbocycles. The molecule has 3 aliphatic heterocycles. The molecule has 6 heteroatoms. The highest BCUT2D eigenvalue weighted by Gasteiger charge is 2.58. The number of aromatic nitrogens is 1. The second-order valence-electron chi connectivity index (χ2n) is 8.25. The summed E-state index contributed by atoms with van der Waals surface area (Å²) in [6, 6.07) is 7.97. The Hall–Kier alpha value is -2.34. The molecule has 0 unspecified atom stereocenters. The van der Waals surface area contributed by atoms with E-state index in [0.29, 0.717) is 18.2 Å². The fourth-order valence-electron chi connectivity index (χ4n) is 5.01. The van der Waals surface area contributed by atoms with E-state index in [-0.39, 0.29) is 23.3 Å². The van der Waals surface area contributed by atoms with E-state index in [1.54, 1.807) is 0 Å². The summed E-state index contributed by atoms with van der Waals surface area (Å²) in [6.07, 6.45) is 4.58. The SMILES string of the molecule is CN1CC[C@H](C(=O)N2CC3(NC(=O)c4cccc5[nH]ccc45)CC2C3)C1. The van der Waals surface area contributed by atoms with Crippen molar-refractivity contribution in [3.8, 4) is 0 Å². The van der Waals surface area contributed by atoms with Crippen molar-refractivity contribution < 1.29 is 9.59 Å². The Morgan fingerprint density at radius 3 is 2.88 bits per heavy atom. The molecule has 0 radical (unpaired) electrons. The average molecular weight is 352 g/mol. The third-order valence-corrected chi connectivity index (χ3v) is 6.41. The lowest BCUT2D eigenvalue weighted by atomic mass is 9.77. The fraction of sp³-hybridized carbons (Fsp3) is 0.500. The first-order valence-corrected chi connectivity index (χ1v) is 9.42. The maximum absolute atomic E-state index is 12.9. The molecule has 6 nitrogen and oxygen atoms in total. The quantitative estimate of drug-likeness (QED) is 0.882. The zero-order chi connectivity index (χ0) is 17.9. The Morgan fingerprint density at radius 2 is 2.12 bits per heavy atom. The van der Waals surface area contributed by atoms with Gasteiger partial charge in [0, 0.05) is 41.8 Å². The summed E-state index contributed by atoms with van der Waals surface area (Å²) in [5, 5.41) is 4.19. The molecule has 1 aromatic heterocycles. The Kier molecular flexibility index (Phi) is 3.41. The van der Waals surface area contributed by atoms with Crippen LogP contribution in [0.3, 0.4) is 0 Å². The van der Waals surface area contributed by atoms with Crippen LogP contribution in [0.2, 0.25) is 0 Å². The van der Waals surface area contributed by atoms with Crippen molar-refractivity contribution in [1.82, 2.24) is 20.1 Å². The van der Waals surface area contributed by atoms with Gasteiger partial charge in [-0.1, -0.05) is 6.07 Å². The summed E-state index contributed by atoms with van der Waals surface area (Å²) in [7, 11) is 2.07. The number of benzene rings is 1. The van der Waals surface area contributed by atoms with E-state index in [9.17, 15) is 9.59 Å². The Labute approximate surface area is 152 Å². The minimum absolute atomic E-state index is 0.0384. The van der Waals surface area contributed by atoms with Crippen LogP contribution in [0.15, 0.2) is 30.5 Å². The van der Waals surface area contributed by atoms with E-state index < -0.39 is 0 Å². The number of aromatic amines is 1. The monoisotopic (exact) mass is 352 g/mol. The molecule has 4 aliphatic rings. The standard InChI is InChI=1S/C20H24N4O2/c1-23-8-6-13(11-23)19(26)24-12-20(9-14(24)10-20)22-18(25)16-3-2-4-17-15(16)5-7-21-17/h2-5,7,13-14,21H,6,8-12H2,1H3,(H,22,25)/t13-,14?,20?/m0/s1. The molecule has 1 atom stereocenters. The van der Waals surface area contributed by atoms with Crippen LogP contribution < -0.4 is 5.32 Å². The topological polar surface area (TPSA) is 68.4 Å². The molecule has 1 saturated carbocycles. The van der Waals surface area contributed by atoms with Gasteiger partial charge in [0.15, 0.2) is 0 Å².